The predicted molar refractivity (Wildman–Crippen MR) is 118 cm³/mol. The molecule has 0 spiro atoms. The molecule has 2 atom stereocenters. The first-order valence-electron chi connectivity index (χ1n) is 11.4. The van der Waals surface area contributed by atoms with Crippen LogP contribution in [0.25, 0.3) is 0 Å². The molecular formula is C21H47N2O5P. The van der Waals surface area contributed by atoms with Crippen LogP contribution in [0, 0.1) is 0 Å². The van der Waals surface area contributed by atoms with Gasteiger partial charge in [-0.15, -0.1) is 0 Å². The van der Waals surface area contributed by atoms with Gasteiger partial charge in [0.2, 0.25) is 0 Å². The molecule has 0 bridgehead atoms. The van der Waals surface area contributed by atoms with Crippen LogP contribution in [-0.4, -0.2) is 71.7 Å². The molecule has 0 aromatic heterocycles. The van der Waals surface area contributed by atoms with E-state index in [1.165, 1.54) is 51.4 Å². The van der Waals surface area contributed by atoms with Crippen molar-refractivity contribution in [3.8, 4) is 0 Å². The molecule has 7 nitrogen and oxygen atoms in total. The molecule has 0 aliphatic heterocycles. The maximum Gasteiger partial charge on any atom is 0.268 e. The predicted octanol–water partition coefficient (Wildman–Crippen LogP) is 3.72. The Balaban J connectivity index is 3.81. The lowest BCUT2D eigenvalue weighted by molar-refractivity contribution is -0.870. The summed E-state index contributed by atoms with van der Waals surface area (Å²) in [5.74, 6) is 0. The molecule has 0 radical (unpaired) electrons. The Morgan fingerprint density at radius 2 is 1.48 bits per heavy atom. The number of hydrogen-bond acceptors (Lipinski definition) is 6. The minimum atomic E-state index is -4.33. The molecule has 0 aromatic carbocycles. The minimum Gasteiger partial charge on any atom is -0.756 e. The second-order valence-corrected chi connectivity index (χ2v) is 10.2. The molecule has 0 heterocycles. The highest BCUT2D eigenvalue weighted by Crippen LogP contribution is 2.39. The van der Waals surface area contributed by atoms with Crippen molar-refractivity contribution < 1.29 is 27.7 Å². The summed E-state index contributed by atoms with van der Waals surface area (Å²) in [6, 6.07) is 0. The molecular weight excluding hydrogens is 391 g/mol. The number of phosphoric ester groups is 1. The zero-order valence-electron chi connectivity index (χ0n) is 19.6. The number of unbranched alkanes of at least 4 members (excludes halogenated alkanes) is 9. The number of nitrogens with zero attached hydrogens (tertiary/aromatic N) is 1. The quantitative estimate of drug-likeness (QED) is 0.167. The van der Waals surface area contributed by atoms with Crippen molar-refractivity contribution in [2.24, 2.45) is 0 Å². The first kappa shape index (κ1) is 29.0. The van der Waals surface area contributed by atoms with Gasteiger partial charge < -0.3 is 28.5 Å². The topological polar surface area (TPSA) is 79.9 Å². The highest BCUT2D eigenvalue weighted by molar-refractivity contribution is 7.45. The third-order valence-corrected chi connectivity index (χ3v) is 5.72. The molecule has 29 heavy (non-hydrogen) atoms. The molecule has 2 unspecified atom stereocenters. The van der Waals surface area contributed by atoms with Crippen LogP contribution >= 0.6 is 7.82 Å². The zero-order valence-corrected chi connectivity index (χ0v) is 20.5. The van der Waals surface area contributed by atoms with E-state index in [2.05, 4.69) is 12.2 Å². The fraction of sp³-hybridized carbons (Fsp3) is 1.00. The lowest BCUT2D eigenvalue weighted by atomic mass is 10.1. The molecule has 0 aliphatic carbocycles. The van der Waals surface area contributed by atoms with E-state index in [4.69, 9.17) is 13.8 Å². The Labute approximate surface area is 179 Å². The summed E-state index contributed by atoms with van der Waals surface area (Å²) < 4.78 is 28.4. The highest BCUT2D eigenvalue weighted by atomic mass is 31.2. The molecule has 0 rings (SSSR count). The molecule has 0 aliphatic rings. The van der Waals surface area contributed by atoms with Crippen LogP contribution in [0.4, 0.5) is 0 Å². The van der Waals surface area contributed by atoms with Crippen LogP contribution in [0.15, 0.2) is 0 Å². The van der Waals surface area contributed by atoms with Gasteiger partial charge in [-0.2, -0.15) is 0 Å². The van der Waals surface area contributed by atoms with Gasteiger partial charge in [-0.1, -0.05) is 64.7 Å². The molecule has 8 heteroatoms. The average molecular weight is 439 g/mol. The van der Waals surface area contributed by atoms with E-state index in [-0.39, 0.29) is 13.2 Å². The summed E-state index contributed by atoms with van der Waals surface area (Å²) in [5.41, 5.74) is 0. The van der Waals surface area contributed by atoms with Crippen LogP contribution in [-0.2, 0) is 18.3 Å². The summed E-state index contributed by atoms with van der Waals surface area (Å²) in [7, 11) is 3.36. The number of hydrogen-bond donors (Lipinski definition) is 1. The third-order valence-electron chi connectivity index (χ3n) is 4.67. The molecule has 0 aromatic rings. The highest BCUT2D eigenvalue weighted by Gasteiger charge is 2.19. The van der Waals surface area contributed by atoms with E-state index >= 15 is 0 Å². The van der Waals surface area contributed by atoms with E-state index in [1.54, 1.807) is 7.05 Å². The van der Waals surface area contributed by atoms with Gasteiger partial charge in [0.25, 0.3) is 7.82 Å². The zero-order chi connectivity index (χ0) is 22.0. The molecule has 176 valence electrons. The number of rotatable bonds is 21. The van der Waals surface area contributed by atoms with Crippen molar-refractivity contribution in [1.29, 1.82) is 0 Å². The van der Waals surface area contributed by atoms with Crippen molar-refractivity contribution in [1.82, 2.24) is 5.32 Å². The summed E-state index contributed by atoms with van der Waals surface area (Å²) in [6.07, 6.45) is 12.2. The van der Waals surface area contributed by atoms with Gasteiger partial charge in [0.1, 0.15) is 19.3 Å². The van der Waals surface area contributed by atoms with Crippen molar-refractivity contribution in [3.05, 3.63) is 0 Å². The number of likely N-dealkylation sites (N-methyl/N-ethyl adjacent to an activating group) is 2. The van der Waals surface area contributed by atoms with E-state index in [9.17, 15) is 9.46 Å². The molecule has 1 N–H and O–H groups in total. The Bertz CT molecular complexity index is 418. The monoisotopic (exact) mass is 438 g/mol. The lowest BCUT2D eigenvalue weighted by Gasteiger charge is -2.30. The van der Waals surface area contributed by atoms with Gasteiger partial charge in [0.05, 0.1) is 27.7 Å². The number of nitrogens with one attached hydrogen (secondary N) is 1. The Morgan fingerprint density at radius 3 is 2.00 bits per heavy atom. The second kappa shape index (κ2) is 17.6. The molecule has 0 saturated heterocycles. The van der Waals surface area contributed by atoms with Gasteiger partial charge in [-0.25, -0.2) is 0 Å². The summed E-state index contributed by atoms with van der Waals surface area (Å²) in [6.45, 7) is 4.20. The van der Waals surface area contributed by atoms with Gasteiger partial charge in [-0.3, -0.25) is 4.57 Å². The van der Waals surface area contributed by atoms with Crippen molar-refractivity contribution >= 4 is 7.82 Å². The Kier molecular flexibility index (Phi) is 17.6. The molecule has 0 amide bonds. The van der Waals surface area contributed by atoms with Crippen molar-refractivity contribution in [3.63, 3.8) is 0 Å². The summed E-state index contributed by atoms with van der Waals surface area (Å²) >= 11 is 0. The standard InChI is InChI=1S/C21H47N2O5P/c1-6-7-8-9-10-11-12-13-14-15-17-26-20-21(19-22-2)28-29(24,25)27-18-16-23(3,4)5/h21-22H,6-20H2,1-5H3. The SMILES string of the molecule is CCCCCCCCCCCCOCC(CNC)OP(=O)([O-])OCC[N+](C)(C)C. The summed E-state index contributed by atoms with van der Waals surface area (Å²) in [5, 5.41) is 2.94. The fourth-order valence-electron chi connectivity index (χ4n) is 2.90. The largest absolute Gasteiger partial charge is 0.756 e. The number of quaternary nitrogens is 1. The van der Waals surface area contributed by atoms with E-state index in [0.717, 1.165) is 12.8 Å². The first-order valence-corrected chi connectivity index (χ1v) is 12.8. The normalized spacial score (nSPS) is 15.4. The maximum absolute atomic E-state index is 12.0. The van der Waals surface area contributed by atoms with E-state index in [1.807, 2.05) is 21.1 Å². The number of phosphoric acid groups is 1. The second-order valence-electron chi connectivity index (χ2n) is 8.84. The number of ether oxygens (including phenoxy) is 1. The van der Waals surface area contributed by atoms with Crippen LogP contribution in [0.3, 0.4) is 0 Å². The molecule has 0 fully saturated rings. The van der Waals surface area contributed by atoms with Gasteiger partial charge >= 0.3 is 0 Å². The lowest BCUT2D eigenvalue weighted by Crippen LogP contribution is -2.38. The third kappa shape index (κ3) is 21.0. The summed E-state index contributed by atoms with van der Waals surface area (Å²) in [4.78, 5) is 12.0. The smallest absolute Gasteiger partial charge is 0.268 e. The molecule has 0 saturated carbocycles. The van der Waals surface area contributed by atoms with E-state index < -0.39 is 13.9 Å². The average Bonchev–Trinajstić information content (AvgIpc) is 2.61. The maximum atomic E-state index is 12.0. The van der Waals surface area contributed by atoms with Crippen molar-refractivity contribution in [2.45, 2.75) is 77.2 Å². The minimum absolute atomic E-state index is 0.107. The fourth-order valence-corrected chi connectivity index (χ4v) is 3.77. The van der Waals surface area contributed by atoms with Gasteiger partial charge in [0.15, 0.2) is 0 Å². The van der Waals surface area contributed by atoms with Crippen LogP contribution < -0.4 is 10.2 Å². The van der Waals surface area contributed by atoms with Crippen LogP contribution in [0.1, 0.15) is 71.1 Å². The van der Waals surface area contributed by atoms with E-state index in [0.29, 0.717) is 24.2 Å². The Morgan fingerprint density at radius 1 is 0.931 bits per heavy atom. The van der Waals surface area contributed by atoms with Crippen LogP contribution in [0.2, 0.25) is 0 Å². The first-order chi connectivity index (χ1) is 13.7. The Hall–Kier alpha value is -0.0100. The van der Waals surface area contributed by atoms with Crippen LogP contribution in [0.5, 0.6) is 0 Å². The van der Waals surface area contributed by atoms with Gasteiger partial charge in [-0.05, 0) is 13.5 Å². The van der Waals surface area contributed by atoms with Gasteiger partial charge in [0, 0.05) is 13.2 Å². The van der Waals surface area contributed by atoms with Crippen molar-refractivity contribution in [2.75, 3.05) is 61.1 Å².